The fourth-order valence-electron chi connectivity index (χ4n) is 2.05. The number of anilines is 1. The topological polar surface area (TPSA) is 72.5 Å². The average molecular weight is 337 g/mol. The van der Waals surface area contributed by atoms with E-state index in [-0.39, 0.29) is 22.8 Å². The molecule has 0 aliphatic heterocycles. The third kappa shape index (κ3) is 4.07. The molecule has 7 heteroatoms. The Morgan fingerprint density at radius 2 is 1.96 bits per heavy atom. The lowest BCUT2D eigenvalue weighted by atomic mass is 10.2. The van der Waals surface area contributed by atoms with E-state index < -0.39 is 21.8 Å². The van der Waals surface area contributed by atoms with Crippen molar-refractivity contribution in [1.29, 1.82) is 0 Å². The van der Waals surface area contributed by atoms with Crippen LogP contribution in [0, 0.1) is 12.7 Å². The van der Waals surface area contributed by atoms with Gasteiger partial charge in [-0.15, -0.1) is 0 Å². The van der Waals surface area contributed by atoms with Gasteiger partial charge in [-0.05, 0) is 55.8 Å². The van der Waals surface area contributed by atoms with Gasteiger partial charge in [0.15, 0.2) is 0 Å². The number of aryl methyl sites for hydroxylation is 1. The Hall–Kier alpha value is -2.41. The fourth-order valence-corrected chi connectivity index (χ4v) is 3.33. The second-order valence-electron chi connectivity index (χ2n) is 4.82. The zero-order chi connectivity index (χ0) is 17.0. The van der Waals surface area contributed by atoms with Crippen LogP contribution in [0.1, 0.15) is 22.8 Å². The van der Waals surface area contributed by atoms with Crippen LogP contribution in [0.2, 0.25) is 0 Å². The minimum atomic E-state index is -3.88. The van der Waals surface area contributed by atoms with Crippen molar-refractivity contribution in [1.82, 2.24) is 0 Å². The smallest absolute Gasteiger partial charge is 0.338 e. The molecule has 0 radical (unpaired) electrons. The normalized spacial score (nSPS) is 11.1. The van der Waals surface area contributed by atoms with Gasteiger partial charge in [0.05, 0.1) is 17.1 Å². The number of sulfonamides is 1. The predicted octanol–water partition coefficient (Wildman–Crippen LogP) is 3.11. The molecule has 23 heavy (non-hydrogen) atoms. The highest BCUT2D eigenvalue weighted by atomic mass is 32.2. The Balaban J connectivity index is 2.30. The van der Waals surface area contributed by atoms with Gasteiger partial charge in [0.1, 0.15) is 5.82 Å². The molecule has 0 saturated heterocycles. The summed E-state index contributed by atoms with van der Waals surface area (Å²) in [5.41, 5.74) is 0.751. The van der Waals surface area contributed by atoms with Crippen LogP contribution in [0.15, 0.2) is 47.4 Å². The number of esters is 1. The molecular formula is C16H16FNO4S. The molecule has 0 aliphatic carbocycles. The van der Waals surface area contributed by atoms with Gasteiger partial charge in [0.25, 0.3) is 10.0 Å². The van der Waals surface area contributed by atoms with Crippen molar-refractivity contribution < 1.29 is 22.3 Å². The molecule has 2 aromatic rings. The second kappa shape index (κ2) is 6.78. The minimum Gasteiger partial charge on any atom is -0.462 e. The number of ether oxygens (including phenoxy) is 1. The van der Waals surface area contributed by atoms with Crippen molar-refractivity contribution in [3.63, 3.8) is 0 Å². The van der Waals surface area contributed by atoms with Gasteiger partial charge in [0.2, 0.25) is 0 Å². The Bertz CT molecular complexity index is 834. The van der Waals surface area contributed by atoms with Crippen molar-refractivity contribution >= 4 is 21.7 Å². The number of hydrogen-bond donors (Lipinski definition) is 1. The van der Waals surface area contributed by atoms with Crippen LogP contribution < -0.4 is 4.72 Å². The van der Waals surface area contributed by atoms with Crippen LogP contribution >= 0.6 is 0 Å². The van der Waals surface area contributed by atoms with E-state index in [0.29, 0.717) is 5.56 Å². The maximum Gasteiger partial charge on any atom is 0.338 e. The standard InChI is InChI=1S/C16H16FNO4S/c1-3-22-16(19)12-5-4-6-14(10-12)18-23(20,21)15-8-7-13(17)9-11(15)2/h4-10,18H,3H2,1-2H3. The first kappa shape index (κ1) is 17.0. The van der Waals surface area contributed by atoms with E-state index >= 15 is 0 Å². The lowest BCUT2D eigenvalue weighted by molar-refractivity contribution is 0.0526. The first-order chi connectivity index (χ1) is 10.8. The highest BCUT2D eigenvalue weighted by Crippen LogP contribution is 2.21. The zero-order valence-corrected chi connectivity index (χ0v) is 13.5. The van der Waals surface area contributed by atoms with E-state index in [1.54, 1.807) is 13.0 Å². The maximum atomic E-state index is 13.1. The molecule has 0 amide bonds. The number of benzene rings is 2. The molecule has 0 unspecified atom stereocenters. The Morgan fingerprint density at radius 3 is 2.61 bits per heavy atom. The van der Waals surface area contributed by atoms with Crippen molar-refractivity contribution in [2.24, 2.45) is 0 Å². The van der Waals surface area contributed by atoms with Crippen LogP contribution in [-0.4, -0.2) is 21.0 Å². The third-order valence-electron chi connectivity index (χ3n) is 3.05. The molecule has 2 aromatic carbocycles. The lowest BCUT2D eigenvalue weighted by Crippen LogP contribution is -2.15. The summed E-state index contributed by atoms with van der Waals surface area (Å²) < 4.78 is 45.1. The molecule has 0 aliphatic rings. The number of carbonyl (C=O) groups is 1. The molecule has 0 spiro atoms. The lowest BCUT2D eigenvalue weighted by Gasteiger charge is -2.11. The van der Waals surface area contributed by atoms with Gasteiger partial charge in [-0.3, -0.25) is 4.72 Å². The van der Waals surface area contributed by atoms with Crippen molar-refractivity contribution in [3.8, 4) is 0 Å². The summed E-state index contributed by atoms with van der Waals surface area (Å²) in [7, 11) is -3.88. The molecule has 1 N–H and O–H groups in total. The Labute approximate surface area is 134 Å². The van der Waals surface area contributed by atoms with Gasteiger partial charge in [-0.2, -0.15) is 0 Å². The molecular weight excluding hydrogens is 321 g/mol. The van der Waals surface area contributed by atoms with Crippen molar-refractivity contribution in [2.75, 3.05) is 11.3 Å². The van der Waals surface area contributed by atoms with Crippen molar-refractivity contribution in [3.05, 3.63) is 59.4 Å². The Morgan fingerprint density at radius 1 is 1.22 bits per heavy atom. The number of nitrogens with one attached hydrogen (secondary N) is 1. The van der Waals surface area contributed by atoms with Crippen LogP contribution in [-0.2, 0) is 14.8 Å². The number of hydrogen-bond acceptors (Lipinski definition) is 4. The van der Waals surface area contributed by atoms with Gasteiger partial charge in [0, 0.05) is 5.69 Å². The van der Waals surface area contributed by atoms with E-state index in [1.165, 1.54) is 31.2 Å². The first-order valence-corrected chi connectivity index (χ1v) is 8.38. The molecule has 0 heterocycles. The Kier molecular flexibility index (Phi) is 5.00. The van der Waals surface area contributed by atoms with Crippen LogP contribution in [0.3, 0.4) is 0 Å². The SMILES string of the molecule is CCOC(=O)c1cccc(NS(=O)(=O)c2ccc(F)cc2C)c1. The van der Waals surface area contributed by atoms with Gasteiger partial charge >= 0.3 is 5.97 Å². The van der Waals surface area contributed by atoms with E-state index in [2.05, 4.69) is 4.72 Å². The molecule has 2 rings (SSSR count). The molecule has 0 aromatic heterocycles. The fraction of sp³-hybridized carbons (Fsp3) is 0.188. The quantitative estimate of drug-likeness (QED) is 0.851. The van der Waals surface area contributed by atoms with Gasteiger partial charge in [-0.25, -0.2) is 17.6 Å². The first-order valence-electron chi connectivity index (χ1n) is 6.89. The maximum absolute atomic E-state index is 13.1. The van der Waals surface area contributed by atoms with E-state index in [9.17, 15) is 17.6 Å². The second-order valence-corrected chi connectivity index (χ2v) is 6.47. The summed E-state index contributed by atoms with van der Waals surface area (Å²) in [4.78, 5) is 11.7. The average Bonchev–Trinajstić information content (AvgIpc) is 2.46. The monoisotopic (exact) mass is 337 g/mol. The third-order valence-corrected chi connectivity index (χ3v) is 4.59. The molecule has 122 valence electrons. The summed E-state index contributed by atoms with van der Waals surface area (Å²) in [5.74, 6) is -1.04. The van der Waals surface area contributed by atoms with Crippen molar-refractivity contribution in [2.45, 2.75) is 18.7 Å². The largest absolute Gasteiger partial charge is 0.462 e. The molecule has 0 fully saturated rings. The molecule has 0 bridgehead atoms. The van der Waals surface area contributed by atoms with Gasteiger partial charge in [-0.1, -0.05) is 6.07 Å². The van der Waals surface area contributed by atoms with Crippen LogP contribution in [0.25, 0.3) is 0 Å². The summed E-state index contributed by atoms with van der Waals surface area (Å²) in [6.07, 6.45) is 0. The van der Waals surface area contributed by atoms with E-state index in [4.69, 9.17) is 4.74 Å². The summed E-state index contributed by atoms with van der Waals surface area (Å²) in [6, 6.07) is 9.39. The number of rotatable bonds is 5. The molecule has 0 saturated carbocycles. The predicted molar refractivity (Wildman–Crippen MR) is 84.3 cm³/mol. The highest BCUT2D eigenvalue weighted by molar-refractivity contribution is 7.92. The minimum absolute atomic E-state index is 0.0274. The van der Waals surface area contributed by atoms with E-state index in [0.717, 1.165) is 12.1 Å². The number of carbonyl (C=O) groups excluding carboxylic acids is 1. The van der Waals surface area contributed by atoms with Gasteiger partial charge < -0.3 is 4.74 Å². The summed E-state index contributed by atoms with van der Waals surface area (Å²) in [6.45, 7) is 3.41. The zero-order valence-electron chi connectivity index (χ0n) is 12.7. The summed E-state index contributed by atoms with van der Waals surface area (Å²) >= 11 is 0. The molecule has 0 atom stereocenters. The van der Waals surface area contributed by atoms with Crippen LogP contribution in [0.4, 0.5) is 10.1 Å². The summed E-state index contributed by atoms with van der Waals surface area (Å²) in [5, 5.41) is 0. The van der Waals surface area contributed by atoms with E-state index in [1.807, 2.05) is 0 Å². The number of halogens is 1. The highest BCUT2D eigenvalue weighted by Gasteiger charge is 2.18. The molecule has 5 nitrogen and oxygen atoms in total. The van der Waals surface area contributed by atoms with Crippen LogP contribution in [0.5, 0.6) is 0 Å².